The molecule has 0 unspecified atom stereocenters. The normalized spacial score (nSPS) is 20.2. The number of nitriles is 2. The van der Waals surface area contributed by atoms with E-state index in [0.29, 0.717) is 52.6 Å². The van der Waals surface area contributed by atoms with Gasteiger partial charge in [-0.15, -0.1) is 5.10 Å². The molecule has 2 fully saturated rings. The van der Waals surface area contributed by atoms with E-state index < -0.39 is 6.10 Å². The van der Waals surface area contributed by atoms with Crippen LogP contribution in [0.15, 0.2) is 18.3 Å². The third kappa shape index (κ3) is 3.64. The SMILES string of the molecule is C[C@@H]1CN(c2cc(C#N)cc(Nc3nc(NC4CC4)c4ncc(C#N)n4n3)c2Cl)C[C@H]1O. The summed E-state index contributed by atoms with van der Waals surface area (Å²) in [6, 6.07) is 7.90. The average Bonchev–Trinajstić information content (AvgIpc) is 3.40. The predicted octanol–water partition coefficient (Wildman–Crippen LogP) is 2.66. The van der Waals surface area contributed by atoms with Crippen LogP contribution in [0.3, 0.4) is 0 Å². The van der Waals surface area contributed by atoms with Gasteiger partial charge in [-0.1, -0.05) is 18.5 Å². The molecule has 1 saturated carbocycles. The van der Waals surface area contributed by atoms with Crippen molar-refractivity contribution in [3.05, 3.63) is 34.6 Å². The zero-order valence-electron chi connectivity index (χ0n) is 17.2. The first-order valence-electron chi connectivity index (χ1n) is 10.3. The molecule has 0 amide bonds. The second kappa shape index (κ2) is 7.83. The number of rotatable bonds is 5. The van der Waals surface area contributed by atoms with Gasteiger partial charge >= 0.3 is 0 Å². The zero-order chi connectivity index (χ0) is 22.4. The molecular weight excluding hydrogens is 430 g/mol. The molecule has 0 bridgehead atoms. The van der Waals surface area contributed by atoms with Gasteiger partial charge in [0.25, 0.3) is 0 Å². The molecule has 0 spiro atoms. The van der Waals surface area contributed by atoms with E-state index in [0.717, 1.165) is 12.8 Å². The summed E-state index contributed by atoms with van der Waals surface area (Å²) < 4.78 is 1.43. The highest BCUT2D eigenvalue weighted by Crippen LogP contribution is 2.38. The Balaban J connectivity index is 1.55. The van der Waals surface area contributed by atoms with Gasteiger partial charge in [-0.05, 0) is 25.0 Å². The lowest BCUT2D eigenvalue weighted by Crippen LogP contribution is -2.22. The van der Waals surface area contributed by atoms with Gasteiger partial charge in [0.2, 0.25) is 5.95 Å². The number of anilines is 4. The molecule has 5 rings (SSSR count). The minimum atomic E-state index is -0.458. The summed E-state index contributed by atoms with van der Waals surface area (Å²) in [6.45, 7) is 3.04. The Kier molecular flexibility index (Phi) is 4.97. The Labute approximate surface area is 189 Å². The van der Waals surface area contributed by atoms with Crippen LogP contribution in [0.5, 0.6) is 0 Å². The van der Waals surface area contributed by atoms with Crippen molar-refractivity contribution in [3.8, 4) is 12.1 Å². The van der Waals surface area contributed by atoms with E-state index in [9.17, 15) is 15.6 Å². The van der Waals surface area contributed by atoms with E-state index in [1.807, 2.05) is 11.8 Å². The van der Waals surface area contributed by atoms with Crippen LogP contribution >= 0.6 is 11.6 Å². The quantitative estimate of drug-likeness (QED) is 0.536. The molecule has 2 atom stereocenters. The zero-order valence-corrected chi connectivity index (χ0v) is 18.0. The van der Waals surface area contributed by atoms with Crippen LogP contribution in [0.25, 0.3) is 5.65 Å². The largest absolute Gasteiger partial charge is 0.391 e. The number of fused-ring (bicyclic) bond motifs is 1. The maximum absolute atomic E-state index is 10.2. The lowest BCUT2D eigenvalue weighted by atomic mass is 10.1. The third-order valence-corrected chi connectivity index (χ3v) is 6.13. The standard InChI is InChI=1S/C21H20ClN9O/c1-11-9-30(10-17(11)32)16-5-12(6-23)4-15(18(16)22)27-21-28-19(26-13-2-3-13)20-25-8-14(7-24)31(20)29-21/h4-5,8,11,13,17,32H,2-3,9-10H2,1H3,(H2,26,27,28,29)/t11-,17-/m1/s1. The van der Waals surface area contributed by atoms with E-state index in [2.05, 4.69) is 37.8 Å². The molecular formula is C21H20ClN9O. The molecule has 32 heavy (non-hydrogen) atoms. The number of β-amino-alcohol motifs (C(OH)–C–C–N with tert-alkyl or cyclic N) is 1. The van der Waals surface area contributed by atoms with Crippen LogP contribution in [0.2, 0.25) is 5.02 Å². The fourth-order valence-corrected chi connectivity index (χ4v) is 4.07. The molecule has 11 heteroatoms. The van der Waals surface area contributed by atoms with Crippen molar-refractivity contribution in [2.75, 3.05) is 28.6 Å². The molecule has 1 saturated heterocycles. The first-order chi connectivity index (χ1) is 15.5. The lowest BCUT2D eigenvalue weighted by molar-refractivity contribution is 0.157. The van der Waals surface area contributed by atoms with Crippen molar-refractivity contribution < 1.29 is 5.11 Å². The summed E-state index contributed by atoms with van der Waals surface area (Å²) in [5, 5.41) is 40.4. The highest BCUT2D eigenvalue weighted by atomic mass is 35.5. The summed E-state index contributed by atoms with van der Waals surface area (Å²) in [4.78, 5) is 10.8. The van der Waals surface area contributed by atoms with E-state index in [1.165, 1.54) is 10.7 Å². The first kappa shape index (κ1) is 20.3. The van der Waals surface area contributed by atoms with Crippen molar-refractivity contribution >= 4 is 40.4 Å². The van der Waals surface area contributed by atoms with Crippen molar-refractivity contribution in [2.24, 2.45) is 5.92 Å². The van der Waals surface area contributed by atoms with Gasteiger partial charge in [-0.3, -0.25) is 0 Å². The molecule has 1 aliphatic carbocycles. The second-order valence-corrected chi connectivity index (χ2v) is 8.61. The number of nitrogens with zero attached hydrogens (tertiary/aromatic N) is 7. The maximum Gasteiger partial charge on any atom is 0.247 e. The van der Waals surface area contributed by atoms with E-state index in [4.69, 9.17) is 11.6 Å². The molecule has 1 aromatic carbocycles. The van der Waals surface area contributed by atoms with Gasteiger partial charge in [0.05, 0.1) is 40.3 Å². The second-order valence-electron chi connectivity index (χ2n) is 8.24. The lowest BCUT2D eigenvalue weighted by Gasteiger charge is -2.22. The fraction of sp³-hybridized carbons (Fsp3) is 0.381. The number of aromatic nitrogens is 4. The fourth-order valence-electron chi connectivity index (χ4n) is 3.79. The highest BCUT2D eigenvalue weighted by molar-refractivity contribution is 6.36. The average molecular weight is 450 g/mol. The number of hydrogen-bond donors (Lipinski definition) is 3. The van der Waals surface area contributed by atoms with E-state index in [1.54, 1.807) is 12.1 Å². The molecule has 2 aliphatic rings. The summed E-state index contributed by atoms with van der Waals surface area (Å²) in [5.41, 5.74) is 2.29. The number of nitrogens with one attached hydrogen (secondary N) is 2. The van der Waals surface area contributed by atoms with Gasteiger partial charge in [0, 0.05) is 25.0 Å². The summed E-state index contributed by atoms with van der Waals surface area (Å²) in [6.07, 6.45) is 3.09. The van der Waals surface area contributed by atoms with E-state index >= 15 is 0 Å². The minimum Gasteiger partial charge on any atom is -0.391 e. The van der Waals surface area contributed by atoms with Crippen molar-refractivity contribution in [2.45, 2.75) is 31.9 Å². The topological polar surface area (TPSA) is 138 Å². The Hall–Kier alpha value is -3.60. The van der Waals surface area contributed by atoms with Crippen LogP contribution in [0, 0.1) is 28.6 Å². The first-order valence-corrected chi connectivity index (χ1v) is 10.7. The number of aliphatic hydroxyl groups is 1. The molecule has 3 heterocycles. The Morgan fingerprint density at radius 1 is 1.22 bits per heavy atom. The molecule has 10 nitrogen and oxygen atoms in total. The van der Waals surface area contributed by atoms with Crippen LogP contribution in [-0.4, -0.2) is 49.9 Å². The predicted molar refractivity (Wildman–Crippen MR) is 119 cm³/mol. The van der Waals surface area contributed by atoms with Gasteiger partial charge in [0.1, 0.15) is 6.07 Å². The van der Waals surface area contributed by atoms with Crippen LogP contribution in [-0.2, 0) is 0 Å². The van der Waals surface area contributed by atoms with Gasteiger partial charge < -0.3 is 20.6 Å². The van der Waals surface area contributed by atoms with Gasteiger partial charge in [0.15, 0.2) is 17.2 Å². The van der Waals surface area contributed by atoms with Crippen LogP contribution in [0.1, 0.15) is 31.0 Å². The summed E-state index contributed by atoms with van der Waals surface area (Å²) >= 11 is 6.72. The summed E-state index contributed by atoms with van der Waals surface area (Å²) in [7, 11) is 0. The molecule has 162 valence electrons. The number of hydrogen-bond acceptors (Lipinski definition) is 9. The smallest absolute Gasteiger partial charge is 0.247 e. The van der Waals surface area contributed by atoms with Crippen LogP contribution in [0.4, 0.5) is 23.1 Å². The van der Waals surface area contributed by atoms with E-state index in [-0.39, 0.29) is 17.6 Å². The molecule has 0 radical (unpaired) electrons. The molecule has 3 aromatic rings. The minimum absolute atomic E-state index is 0.0978. The van der Waals surface area contributed by atoms with Crippen molar-refractivity contribution in [1.82, 2.24) is 19.6 Å². The Bertz CT molecular complexity index is 1280. The monoisotopic (exact) mass is 449 g/mol. The maximum atomic E-state index is 10.2. The molecule has 3 N–H and O–H groups in total. The Morgan fingerprint density at radius 3 is 2.69 bits per heavy atom. The highest BCUT2D eigenvalue weighted by Gasteiger charge is 2.30. The Morgan fingerprint density at radius 2 is 2.03 bits per heavy atom. The van der Waals surface area contributed by atoms with Gasteiger partial charge in [-0.25, -0.2) is 4.98 Å². The number of benzene rings is 1. The third-order valence-electron chi connectivity index (χ3n) is 5.74. The summed E-state index contributed by atoms with van der Waals surface area (Å²) in [5.74, 6) is 0.837. The molecule has 1 aliphatic heterocycles. The number of imidazole rings is 1. The van der Waals surface area contributed by atoms with Crippen molar-refractivity contribution in [1.29, 1.82) is 10.5 Å². The van der Waals surface area contributed by atoms with Crippen LogP contribution < -0.4 is 15.5 Å². The number of halogens is 1. The molecule has 2 aromatic heterocycles. The van der Waals surface area contributed by atoms with Crippen molar-refractivity contribution in [3.63, 3.8) is 0 Å². The van der Waals surface area contributed by atoms with Gasteiger partial charge in [-0.2, -0.15) is 20.0 Å². The number of aliphatic hydroxyl groups excluding tert-OH is 1.